The Kier molecular flexibility index (Phi) is 6.15. The number of hydrogen-bond acceptors (Lipinski definition) is 2. The Hall–Kier alpha value is -0.570. The molecule has 3 nitrogen and oxygen atoms in total. The van der Waals surface area contributed by atoms with Crippen molar-refractivity contribution in [3.8, 4) is 0 Å². The SMILES string of the molecule is CC1CCCC(CCNC(=O)CC2CCCCN2)C1. The molecule has 0 aromatic heterocycles. The van der Waals surface area contributed by atoms with Gasteiger partial charge in [0.1, 0.15) is 0 Å². The van der Waals surface area contributed by atoms with E-state index < -0.39 is 0 Å². The third kappa shape index (κ3) is 5.52. The zero-order valence-electron chi connectivity index (χ0n) is 12.4. The zero-order chi connectivity index (χ0) is 13.5. The van der Waals surface area contributed by atoms with Gasteiger partial charge in [0.05, 0.1) is 0 Å². The summed E-state index contributed by atoms with van der Waals surface area (Å²) in [4.78, 5) is 11.9. The molecule has 110 valence electrons. The fourth-order valence-electron chi connectivity index (χ4n) is 3.63. The summed E-state index contributed by atoms with van der Waals surface area (Å²) < 4.78 is 0. The first-order chi connectivity index (χ1) is 9.24. The molecule has 3 unspecified atom stereocenters. The normalized spacial score (nSPS) is 31.9. The summed E-state index contributed by atoms with van der Waals surface area (Å²) in [7, 11) is 0. The third-order valence-corrected chi connectivity index (χ3v) is 4.76. The summed E-state index contributed by atoms with van der Waals surface area (Å²) in [6.07, 6.45) is 11.0. The number of carbonyl (C=O) groups is 1. The first kappa shape index (κ1) is 14.8. The van der Waals surface area contributed by atoms with E-state index in [9.17, 15) is 4.79 Å². The second kappa shape index (κ2) is 7.88. The monoisotopic (exact) mass is 266 g/mol. The quantitative estimate of drug-likeness (QED) is 0.803. The van der Waals surface area contributed by atoms with Gasteiger partial charge < -0.3 is 10.6 Å². The van der Waals surface area contributed by atoms with Gasteiger partial charge in [0.25, 0.3) is 0 Å². The van der Waals surface area contributed by atoms with E-state index in [1.807, 2.05) is 0 Å². The van der Waals surface area contributed by atoms with Gasteiger partial charge >= 0.3 is 0 Å². The van der Waals surface area contributed by atoms with Crippen molar-refractivity contribution in [2.24, 2.45) is 11.8 Å². The Morgan fingerprint density at radius 2 is 2.11 bits per heavy atom. The van der Waals surface area contributed by atoms with Crippen molar-refractivity contribution in [1.82, 2.24) is 10.6 Å². The number of hydrogen-bond donors (Lipinski definition) is 2. The largest absolute Gasteiger partial charge is 0.356 e. The highest BCUT2D eigenvalue weighted by Gasteiger charge is 2.19. The van der Waals surface area contributed by atoms with E-state index in [0.29, 0.717) is 12.5 Å². The maximum absolute atomic E-state index is 11.9. The van der Waals surface area contributed by atoms with E-state index in [2.05, 4.69) is 17.6 Å². The Morgan fingerprint density at radius 1 is 1.21 bits per heavy atom. The summed E-state index contributed by atoms with van der Waals surface area (Å²) in [5, 5.41) is 6.55. The third-order valence-electron chi connectivity index (χ3n) is 4.76. The van der Waals surface area contributed by atoms with Crippen LogP contribution < -0.4 is 10.6 Å². The van der Waals surface area contributed by atoms with Crippen LogP contribution in [0.5, 0.6) is 0 Å². The van der Waals surface area contributed by atoms with Gasteiger partial charge in [0.2, 0.25) is 5.91 Å². The van der Waals surface area contributed by atoms with E-state index in [0.717, 1.165) is 31.3 Å². The molecule has 19 heavy (non-hydrogen) atoms. The molecule has 2 fully saturated rings. The molecule has 0 aromatic rings. The van der Waals surface area contributed by atoms with Crippen LogP contribution >= 0.6 is 0 Å². The molecule has 3 atom stereocenters. The van der Waals surface area contributed by atoms with E-state index >= 15 is 0 Å². The van der Waals surface area contributed by atoms with Crippen LogP contribution in [0.1, 0.15) is 64.7 Å². The fraction of sp³-hybridized carbons (Fsp3) is 0.938. The second-order valence-corrected chi connectivity index (χ2v) is 6.63. The second-order valence-electron chi connectivity index (χ2n) is 6.63. The number of rotatable bonds is 5. The zero-order valence-corrected chi connectivity index (χ0v) is 12.4. The molecular formula is C16H30N2O. The molecule has 1 aliphatic heterocycles. The van der Waals surface area contributed by atoms with Gasteiger partial charge in [-0.1, -0.05) is 32.6 Å². The van der Waals surface area contributed by atoms with Crippen LogP contribution in [0.3, 0.4) is 0 Å². The minimum atomic E-state index is 0.239. The molecule has 3 heteroatoms. The molecule has 1 aliphatic carbocycles. The molecule has 1 amide bonds. The molecule has 0 aromatic carbocycles. The lowest BCUT2D eigenvalue weighted by Crippen LogP contribution is -2.39. The van der Waals surface area contributed by atoms with Gasteiger partial charge in [0.15, 0.2) is 0 Å². The predicted octanol–water partition coefficient (Wildman–Crippen LogP) is 2.85. The van der Waals surface area contributed by atoms with Crippen molar-refractivity contribution in [3.63, 3.8) is 0 Å². The lowest BCUT2D eigenvalue weighted by Gasteiger charge is -2.27. The highest BCUT2D eigenvalue weighted by Crippen LogP contribution is 2.30. The highest BCUT2D eigenvalue weighted by molar-refractivity contribution is 5.76. The molecule has 1 saturated carbocycles. The summed E-state index contributed by atoms with van der Waals surface area (Å²) in [6, 6.07) is 0.420. The minimum Gasteiger partial charge on any atom is -0.356 e. The van der Waals surface area contributed by atoms with E-state index in [-0.39, 0.29) is 5.91 Å². The smallest absolute Gasteiger partial charge is 0.221 e. The van der Waals surface area contributed by atoms with Crippen LogP contribution in [0.2, 0.25) is 0 Å². The van der Waals surface area contributed by atoms with Gasteiger partial charge in [-0.15, -0.1) is 0 Å². The van der Waals surface area contributed by atoms with Crippen LogP contribution in [-0.2, 0) is 4.79 Å². The maximum atomic E-state index is 11.9. The van der Waals surface area contributed by atoms with E-state index in [1.165, 1.54) is 44.9 Å². The first-order valence-electron chi connectivity index (χ1n) is 8.24. The molecule has 1 saturated heterocycles. The molecule has 0 radical (unpaired) electrons. The average molecular weight is 266 g/mol. The average Bonchev–Trinajstić information content (AvgIpc) is 2.40. The standard InChI is InChI=1S/C16H30N2O/c1-13-5-4-6-14(11-13)8-10-18-16(19)12-15-7-2-3-9-17-15/h13-15,17H,2-12H2,1H3,(H,18,19). The van der Waals surface area contributed by atoms with Crippen LogP contribution in [0, 0.1) is 11.8 Å². The van der Waals surface area contributed by atoms with Gasteiger partial charge in [-0.2, -0.15) is 0 Å². The van der Waals surface area contributed by atoms with Crippen molar-refractivity contribution >= 4 is 5.91 Å². The van der Waals surface area contributed by atoms with Crippen molar-refractivity contribution in [2.45, 2.75) is 70.8 Å². The topological polar surface area (TPSA) is 41.1 Å². The molecular weight excluding hydrogens is 236 g/mol. The minimum absolute atomic E-state index is 0.239. The summed E-state index contributed by atoms with van der Waals surface area (Å²) in [5.41, 5.74) is 0. The van der Waals surface area contributed by atoms with Crippen molar-refractivity contribution in [1.29, 1.82) is 0 Å². The van der Waals surface area contributed by atoms with Gasteiger partial charge in [0, 0.05) is 19.0 Å². The Morgan fingerprint density at radius 3 is 2.84 bits per heavy atom. The molecule has 2 N–H and O–H groups in total. The summed E-state index contributed by atoms with van der Waals surface area (Å²) in [6.45, 7) is 4.32. The number of carbonyl (C=O) groups excluding carboxylic acids is 1. The number of amides is 1. The lowest BCUT2D eigenvalue weighted by molar-refractivity contribution is -0.121. The number of piperidine rings is 1. The lowest BCUT2D eigenvalue weighted by atomic mass is 9.81. The molecule has 1 heterocycles. The van der Waals surface area contributed by atoms with Crippen LogP contribution in [0.15, 0.2) is 0 Å². The number of nitrogens with one attached hydrogen (secondary N) is 2. The summed E-state index contributed by atoms with van der Waals surface area (Å²) in [5.74, 6) is 1.97. The Balaban J connectivity index is 1.55. The van der Waals surface area contributed by atoms with E-state index in [1.54, 1.807) is 0 Å². The highest BCUT2D eigenvalue weighted by atomic mass is 16.1. The Bertz CT molecular complexity index is 274. The van der Waals surface area contributed by atoms with Gasteiger partial charge in [-0.3, -0.25) is 4.79 Å². The van der Waals surface area contributed by atoms with Crippen molar-refractivity contribution < 1.29 is 4.79 Å². The molecule has 2 aliphatic rings. The van der Waals surface area contributed by atoms with Crippen LogP contribution in [0.25, 0.3) is 0 Å². The molecule has 0 bridgehead atoms. The van der Waals surface area contributed by atoms with E-state index in [4.69, 9.17) is 0 Å². The molecule has 2 rings (SSSR count). The van der Waals surface area contributed by atoms with Gasteiger partial charge in [-0.05, 0) is 44.1 Å². The summed E-state index contributed by atoms with van der Waals surface area (Å²) >= 11 is 0. The van der Waals surface area contributed by atoms with Gasteiger partial charge in [-0.25, -0.2) is 0 Å². The van der Waals surface area contributed by atoms with Crippen LogP contribution in [0.4, 0.5) is 0 Å². The van der Waals surface area contributed by atoms with Crippen molar-refractivity contribution in [3.05, 3.63) is 0 Å². The predicted molar refractivity (Wildman–Crippen MR) is 79.0 cm³/mol. The fourth-order valence-corrected chi connectivity index (χ4v) is 3.63. The first-order valence-corrected chi connectivity index (χ1v) is 8.24. The van der Waals surface area contributed by atoms with Crippen LogP contribution in [-0.4, -0.2) is 25.0 Å². The maximum Gasteiger partial charge on any atom is 0.221 e. The Labute approximate surface area is 117 Å². The van der Waals surface area contributed by atoms with Crippen molar-refractivity contribution in [2.75, 3.05) is 13.1 Å². The molecule has 0 spiro atoms.